The van der Waals surface area contributed by atoms with E-state index in [-0.39, 0.29) is 0 Å². The highest BCUT2D eigenvalue weighted by Gasteiger charge is 2.01. The Hall–Kier alpha value is -0.870. The molecule has 1 unspecified atom stereocenters. The molecule has 0 saturated heterocycles. The largest absolute Gasteiger partial charge is 0.478 e. The van der Waals surface area contributed by atoms with Crippen molar-refractivity contribution in [3.8, 4) is 0 Å². The maximum atomic E-state index is 10.4. The molecule has 0 bridgehead atoms. The van der Waals surface area contributed by atoms with Crippen molar-refractivity contribution >= 4 is 5.97 Å². The van der Waals surface area contributed by atoms with Gasteiger partial charge in [-0.2, -0.15) is 0 Å². The first-order valence-corrected chi connectivity index (χ1v) is 4.70. The molecule has 4 nitrogen and oxygen atoms in total. The Morgan fingerprint density at radius 2 is 2.29 bits per heavy atom. The van der Waals surface area contributed by atoms with Crippen LogP contribution in [0.15, 0.2) is 11.6 Å². The van der Waals surface area contributed by atoms with Crippen LogP contribution in [0.1, 0.15) is 20.3 Å². The number of carboxylic acid groups (broad SMARTS) is 1. The molecule has 0 aromatic carbocycles. The summed E-state index contributed by atoms with van der Waals surface area (Å²) in [6, 6.07) is 0.341. The lowest BCUT2D eigenvalue weighted by molar-refractivity contribution is -0.132. The summed E-state index contributed by atoms with van der Waals surface area (Å²) in [4.78, 5) is 10.4. The van der Waals surface area contributed by atoms with Crippen molar-refractivity contribution in [2.24, 2.45) is 0 Å². The summed E-state index contributed by atoms with van der Waals surface area (Å²) in [7, 11) is 1.67. The molecule has 82 valence electrons. The van der Waals surface area contributed by atoms with Crippen LogP contribution in [0.2, 0.25) is 0 Å². The summed E-state index contributed by atoms with van der Waals surface area (Å²) < 4.78 is 4.93. The van der Waals surface area contributed by atoms with Crippen molar-refractivity contribution in [3.05, 3.63) is 11.6 Å². The second kappa shape index (κ2) is 7.53. The molecule has 14 heavy (non-hydrogen) atoms. The number of carboxylic acids is 1. The highest BCUT2D eigenvalue weighted by atomic mass is 16.5. The van der Waals surface area contributed by atoms with Gasteiger partial charge in [-0.15, -0.1) is 0 Å². The Balaban J connectivity index is 3.62. The number of hydrogen-bond acceptors (Lipinski definition) is 3. The third kappa shape index (κ3) is 6.62. The van der Waals surface area contributed by atoms with Gasteiger partial charge in [0.15, 0.2) is 0 Å². The summed E-state index contributed by atoms with van der Waals surface area (Å²) >= 11 is 0. The molecule has 0 rings (SSSR count). The van der Waals surface area contributed by atoms with E-state index in [1.807, 2.05) is 6.92 Å². The van der Waals surface area contributed by atoms with Crippen LogP contribution in [0, 0.1) is 0 Å². The van der Waals surface area contributed by atoms with Crippen LogP contribution in [-0.2, 0) is 9.53 Å². The molecule has 0 spiro atoms. The lowest BCUT2D eigenvalue weighted by atomic mass is 10.2. The average Bonchev–Trinajstić information content (AvgIpc) is 2.14. The van der Waals surface area contributed by atoms with E-state index in [1.165, 1.54) is 0 Å². The summed E-state index contributed by atoms with van der Waals surface area (Å²) in [5, 5.41) is 11.8. The fourth-order valence-corrected chi connectivity index (χ4v) is 0.897. The van der Waals surface area contributed by atoms with Crippen molar-refractivity contribution < 1.29 is 14.6 Å². The van der Waals surface area contributed by atoms with Crippen molar-refractivity contribution in [1.82, 2.24) is 5.32 Å². The van der Waals surface area contributed by atoms with E-state index in [1.54, 1.807) is 20.1 Å². The summed E-state index contributed by atoms with van der Waals surface area (Å²) in [5.74, 6) is -0.864. The Labute approximate surface area is 85.0 Å². The quantitative estimate of drug-likeness (QED) is 0.604. The highest BCUT2D eigenvalue weighted by Crippen LogP contribution is 1.93. The molecule has 0 aliphatic carbocycles. The predicted octanol–water partition coefficient (Wildman–Crippen LogP) is 1.03. The van der Waals surface area contributed by atoms with E-state index in [0.29, 0.717) is 18.2 Å². The van der Waals surface area contributed by atoms with Gasteiger partial charge in [0.2, 0.25) is 0 Å². The first kappa shape index (κ1) is 13.1. The topological polar surface area (TPSA) is 58.6 Å². The van der Waals surface area contributed by atoms with Gasteiger partial charge in [0.25, 0.3) is 0 Å². The fourth-order valence-electron chi connectivity index (χ4n) is 0.897. The first-order chi connectivity index (χ1) is 6.57. The van der Waals surface area contributed by atoms with E-state index in [9.17, 15) is 4.79 Å². The van der Waals surface area contributed by atoms with E-state index in [2.05, 4.69) is 5.32 Å². The molecule has 0 aromatic rings. The number of nitrogens with one attached hydrogen (secondary N) is 1. The number of ether oxygens (including phenoxy) is 1. The molecule has 0 aliphatic heterocycles. The summed E-state index contributed by atoms with van der Waals surface area (Å²) in [5.41, 5.74) is 0.372. The molecule has 0 saturated carbocycles. The first-order valence-electron chi connectivity index (χ1n) is 4.70. The monoisotopic (exact) mass is 201 g/mol. The van der Waals surface area contributed by atoms with Crippen LogP contribution in [0.25, 0.3) is 0 Å². The fraction of sp³-hybridized carbons (Fsp3) is 0.700. The van der Waals surface area contributed by atoms with Gasteiger partial charge in [-0.1, -0.05) is 6.08 Å². The van der Waals surface area contributed by atoms with Gasteiger partial charge in [0, 0.05) is 31.9 Å². The maximum absolute atomic E-state index is 10.4. The van der Waals surface area contributed by atoms with Crippen LogP contribution in [-0.4, -0.2) is 37.4 Å². The molecule has 2 N–H and O–H groups in total. The molecular weight excluding hydrogens is 182 g/mol. The Morgan fingerprint density at radius 3 is 2.79 bits per heavy atom. The van der Waals surface area contributed by atoms with Crippen molar-refractivity contribution in [2.45, 2.75) is 26.3 Å². The summed E-state index contributed by atoms with van der Waals surface area (Å²) in [6.45, 7) is 4.94. The van der Waals surface area contributed by atoms with Gasteiger partial charge in [-0.05, 0) is 20.3 Å². The lowest BCUT2D eigenvalue weighted by Gasteiger charge is -2.11. The molecular formula is C10H19NO3. The predicted molar refractivity (Wildman–Crippen MR) is 55.4 cm³/mol. The van der Waals surface area contributed by atoms with Gasteiger partial charge >= 0.3 is 5.97 Å². The molecule has 0 heterocycles. The second-order valence-electron chi connectivity index (χ2n) is 3.28. The average molecular weight is 201 g/mol. The highest BCUT2D eigenvalue weighted by molar-refractivity contribution is 5.85. The number of aliphatic carboxylic acids is 1. The Kier molecular flexibility index (Phi) is 7.06. The van der Waals surface area contributed by atoms with Crippen LogP contribution in [0.3, 0.4) is 0 Å². The second-order valence-corrected chi connectivity index (χ2v) is 3.28. The van der Waals surface area contributed by atoms with Gasteiger partial charge < -0.3 is 15.2 Å². The molecule has 4 heteroatoms. The standard InChI is InChI=1S/C10H19NO3/c1-8(10(12)13)4-6-11-9(2)5-7-14-3/h4,9,11H,5-7H2,1-3H3,(H,12,13)/b8-4-. The third-order valence-corrected chi connectivity index (χ3v) is 1.97. The molecule has 0 fully saturated rings. The summed E-state index contributed by atoms with van der Waals surface area (Å²) in [6.07, 6.45) is 2.60. The SMILES string of the molecule is COCCC(C)NC/C=C(/C)C(=O)O. The molecule has 0 amide bonds. The van der Waals surface area contributed by atoms with Crippen LogP contribution in [0.5, 0.6) is 0 Å². The molecule has 0 aliphatic rings. The number of hydrogen-bond donors (Lipinski definition) is 2. The Bertz CT molecular complexity index is 202. The van der Waals surface area contributed by atoms with Crippen molar-refractivity contribution in [1.29, 1.82) is 0 Å². The minimum Gasteiger partial charge on any atom is -0.478 e. The van der Waals surface area contributed by atoms with Crippen molar-refractivity contribution in [3.63, 3.8) is 0 Å². The number of methoxy groups -OCH3 is 1. The Morgan fingerprint density at radius 1 is 1.64 bits per heavy atom. The molecule has 0 aromatic heterocycles. The molecule has 1 atom stereocenters. The van der Waals surface area contributed by atoms with Crippen molar-refractivity contribution in [2.75, 3.05) is 20.3 Å². The van der Waals surface area contributed by atoms with Crippen LogP contribution in [0.4, 0.5) is 0 Å². The van der Waals surface area contributed by atoms with Crippen LogP contribution < -0.4 is 5.32 Å². The zero-order valence-electron chi connectivity index (χ0n) is 9.04. The van der Waals surface area contributed by atoms with Crippen LogP contribution >= 0.6 is 0 Å². The minimum atomic E-state index is -0.864. The van der Waals surface area contributed by atoms with Gasteiger partial charge in [-0.25, -0.2) is 4.79 Å². The number of rotatable bonds is 7. The smallest absolute Gasteiger partial charge is 0.330 e. The molecule has 0 radical (unpaired) electrons. The van der Waals surface area contributed by atoms with E-state index in [0.717, 1.165) is 13.0 Å². The van der Waals surface area contributed by atoms with E-state index < -0.39 is 5.97 Å². The van der Waals surface area contributed by atoms with E-state index in [4.69, 9.17) is 9.84 Å². The van der Waals surface area contributed by atoms with Gasteiger partial charge in [0.05, 0.1) is 0 Å². The third-order valence-electron chi connectivity index (χ3n) is 1.97. The van der Waals surface area contributed by atoms with Gasteiger partial charge in [-0.3, -0.25) is 0 Å². The van der Waals surface area contributed by atoms with Gasteiger partial charge in [0.1, 0.15) is 0 Å². The lowest BCUT2D eigenvalue weighted by Crippen LogP contribution is -2.27. The minimum absolute atomic E-state index is 0.341. The number of carbonyl (C=O) groups is 1. The maximum Gasteiger partial charge on any atom is 0.330 e. The zero-order chi connectivity index (χ0) is 11.0. The normalized spacial score (nSPS) is 14.1. The van der Waals surface area contributed by atoms with E-state index >= 15 is 0 Å². The zero-order valence-corrected chi connectivity index (χ0v) is 9.04.